The highest BCUT2D eigenvalue weighted by atomic mass is 32.2. The maximum atomic E-state index is 13.9. The van der Waals surface area contributed by atoms with Gasteiger partial charge in [0.1, 0.15) is 5.82 Å². The van der Waals surface area contributed by atoms with Crippen LogP contribution in [0.5, 0.6) is 0 Å². The predicted molar refractivity (Wildman–Crippen MR) is 127 cm³/mol. The van der Waals surface area contributed by atoms with Crippen molar-refractivity contribution in [1.82, 2.24) is 19.1 Å². The molecule has 0 aliphatic carbocycles. The fourth-order valence-electron chi connectivity index (χ4n) is 4.11. The second-order valence-corrected chi connectivity index (χ2v) is 8.69. The third-order valence-electron chi connectivity index (χ3n) is 5.60. The number of aryl methyl sites for hydroxylation is 2. The van der Waals surface area contributed by atoms with E-state index in [0.717, 1.165) is 21.4 Å². The fourth-order valence-corrected chi connectivity index (χ4v) is 5.04. The van der Waals surface area contributed by atoms with E-state index in [1.54, 1.807) is 47.0 Å². The van der Waals surface area contributed by atoms with E-state index in [4.69, 9.17) is 4.98 Å². The van der Waals surface area contributed by atoms with E-state index in [1.165, 1.54) is 11.8 Å². The molecule has 0 spiro atoms. The van der Waals surface area contributed by atoms with Crippen LogP contribution in [-0.2, 0) is 5.75 Å². The number of hydrogen-bond donors (Lipinski definition) is 0. The Morgan fingerprint density at radius 1 is 0.879 bits per heavy atom. The summed E-state index contributed by atoms with van der Waals surface area (Å²) in [6.45, 7) is 1.15. The molecule has 8 heteroatoms. The van der Waals surface area contributed by atoms with Crippen LogP contribution in [0.1, 0.15) is 23.5 Å². The molecule has 5 aromatic rings. The zero-order chi connectivity index (χ0) is 23.1. The molecule has 0 atom stereocenters. The standard InChI is InChI=1S/C25H20F2N4OS/c1-15-8-7-9-16(2)22(15)31-23(32)17-10-3-4-11-18(17)29-25(31)33-14-21-28-19-12-5-6-13-20(19)30(21)24(26)27/h3-13,24H,14H2,1-2H3. The van der Waals surface area contributed by atoms with Crippen molar-refractivity contribution >= 4 is 33.7 Å². The van der Waals surface area contributed by atoms with Crippen LogP contribution in [0.4, 0.5) is 8.78 Å². The molecular formula is C25H20F2N4OS. The van der Waals surface area contributed by atoms with Crippen LogP contribution in [0.25, 0.3) is 27.6 Å². The second kappa shape index (κ2) is 8.44. The van der Waals surface area contributed by atoms with Crippen molar-refractivity contribution in [2.24, 2.45) is 0 Å². The van der Waals surface area contributed by atoms with Crippen molar-refractivity contribution < 1.29 is 8.78 Å². The number of nitrogens with zero attached hydrogens (tertiary/aromatic N) is 4. The minimum atomic E-state index is -2.72. The van der Waals surface area contributed by atoms with Crippen LogP contribution in [0.15, 0.2) is 76.7 Å². The van der Waals surface area contributed by atoms with Gasteiger partial charge in [-0.2, -0.15) is 8.78 Å². The summed E-state index contributed by atoms with van der Waals surface area (Å²) in [7, 11) is 0. The van der Waals surface area contributed by atoms with Gasteiger partial charge in [0.15, 0.2) is 5.16 Å². The van der Waals surface area contributed by atoms with Crippen LogP contribution in [0, 0.1) is 13.8 Å². The van der Waals surface area contributed by atoms with Gasteiger partial charge in [0.2, 0.25) is 0 Å². The zero-order valence-corrected chi connectivity index (χ0v) is 18.8. The Hall–Kier alpha value is -3.52. The summed E-state index contributed by atoms with van der Waals surface area (Å²) < 4.78 is 30.3. The first-order valence-electron chi connectivity index (χ1n) is 10.4. The second-order valence-electron chi connectivity index (χ2n) is 7.75. The molecule has 0 bridgehead atoms. The molecular weight excluding hydrogens is 442 g/mol. The Morgan fingerprint density at radius 2 is 1.55 bits per heavy atom. The molecule has 0 saturated carbocycles. The minimum absolute atomic E-state index is 0.134. The summed E-state index contributed by atoms with van der Waals surface area (Å²) in [6.07, 6.45) is 0. The van der Waals surface area contributed by atoms with Gasteiger partial charge in [-0.05, 0) is 49.2 Å². The molecule has 2 aromatic heterocycles. The van der Waals surface area contributed by atoms with Crippen molar-refractivity contribution in [1.29, 1.82) is 0 Å². The van der Waals surface area contributed by atoms with Gasteiger partial charge in [-0.15, -0.1) is 0 Å². The van der Waals surface area contributed by atoms with Gasteiger partial charge in [-0.1, -0.05) is 54.2 Å². The molecule has 0 saturated heterocycles. The maximum Gasteiger partial charge on any atom is 0.320 e. The van der Waals surface area contributed by atoms with Crippen molar-refractivity contribution in [3.63, 3.8) is 0 Å². The summed E-state index contributed by atoms with van der Waals surface area (Å²) in [5, 5.41) is 0.938. The molecule has 0 N–H and O–H groups in total. The lowest BCUT2D eigenvalue weighted by atomic mass is 10.1. The quantitative estimate of drug-likeness (QED) is 0.236. The topological polar surface area (TPSA) is 52.7 Å². The number of benzene rings is 3. The summed E-state index contributed by atoms with van der Waals surface area (Å²) >= 11 is 1.22. The summed E-state index contributed by atoms with van der Waals surface area (Å²) in [4.78, 5) is 22.7. The number of imidazole rings is 1. The Kier molecular flexibility index (Phi) is 5.46. The van der Waals surface area contributed by atoms with Crippen LogP contribution >= 0.6 is 11.8 Å². The molecule has 2 heterocycles. The highest BCUT2D eigenvalue weighted by Gasteiger charge is 2.20. The SMILES string of the molecule is Cc1cccc(C)c1-n1c(SCc2nc3ccccc3n2C(F)F)nc2ccccc2c1=O. The third kappa shape index (κ3) is 3.70. The van der Waals surface area contributed by atoms with Crippen molar-refractivity contribution in [3.8, 4) is 5.69 Å². The number of rotatable bonds is 5. The number of aromatic nitrogens is 4. The van der Waals surface area contributed by atoms with Gasteiger partial charge in [0.05, 0.1) is 33.4 Å². The first kappa shape index (κ1) is 21.3. The summed E-state index contributed by atoms with van der Waals surface area (Å²) in [6, 6.07) is 19.8. The van der Waals surface area contributed by atoms with E-state index in [2.05, 4.69) is 4.98 Å². The van der Waals surface area contributed by atoms with Gasteiger partial charge in [0.25, 0.3) is 5.56 Å². The van der Waals surface area contributed by atoms with Crippen LogP contribution in [0.2, 0.25) is 0 Å². The number of thioether (sulfide) groups is 1. The molecule has 33 heavy (non-hydrogen) atoms. The van der Waals surface area contributed by atoms with E-state index < -0.39 is 6.55 Å². The summed E-state index contributed by atoms with van der Waals surface area (Å²) in [5.74, 6) is 0.362. The van der Waals surface area contributed by atoms with Gasteiger partial charge in [-0.25, -0.2) is 9.97 Å². The molecule has 0 fully saturated rings. The Bertz CT molecular complexity index is 1540. The first-order valence-corrected chi connectivity index (χ1v) is 11.4. The van der Waals surface area contributed by atoms with Crippen molar-refractivity contribution in [3.05, 3.63) is 94.0 Å². The average molecular weight is 463 g/mol. The van der Waals surface area contributed by atoms with Gasteiger partial charge < -0.3 is 0 Å². The van der Waals surface area contributed by atoms with Gasteiger partial charge in [-0.3, -0.25) is 13.9 Å². The smallest absolute Gasteiger partial charge is 0.269 e. The van der Waals surface area contributed by atoms with Crippen molar-refractivity contribution in [2.75, 3.05) is 0 Å². The van der Waals surface area contributed by atoms with Gasteiger partial charge in [0, 0.05) is 0 Å². The zero-order valence-electron chi connectivity index (χ0n) is 18.0. The number of para-hydroxylation sites is 4. The molecule has 0 aliphatic heterocycles. The molecule has 166 valence electrons. The monoisotopic (exact) mass is 462 g/mol. The summed E-state index contributed by atoms with van der Waals surface area (Å²) in [5.41, 5.74) is 3.86. The predicted octanol–water partition coefficient (Wildman–Crippen LogP) is 6.04. The van der Waals surface area contributed by atoms with E-state index in [1.807, 2.05) is 38.1 Å². The fraction of sp³-hybridized carbons (Fsp3) is 0.160. The van der Waals surface area contributed by atoms with Crippen molar-refractivity contribution in [2.45, 2.75) is 31.3 Å². The largest absolute Gasteiger partial charge is 0.320 e. The minimum Gasteiger partial charge on any atom is -0.269 e. The molecule has 3 aromatic carbocycles. The maximum absolute atomic E-state index is 13.9. The molecule has 5 rings (SSSR count). The Balaban J connectivity index is 1.67. The van der Waals surface area contributed by atoms with E-state index >= 15 is 0 Å². The van der Waals surface area contributed by atoms with Crippen LogP contribution in [0.3, 0.4) is 0 Å². The number of fused-ring (bicyclic) bond motifs is 2. The normalized spacial score (nSPS) is 11.7. The highest BCUT2D eigenvalue weighted by molar-refractivity contribution is 7.98. The molecule has 0 unspecified atom stereocenters. The lowest BCUT2D eigenvalue weighted by Gasteiger charge is -2.17. The molecule has 0 aliphatic rings. The molecule has 5 nitrogen and oxygen atoms in total. The lowest BCUT2D eigenvalue weighted by Crippen LogP contribution is -2.23. The van der Waals surface area contributed by atoms with Crippen LogP contribution < -0.4 is 5.56 Å². The first-order chi connectivity index (χ1) is 16.0. The average Bonchev–Trinajstić information content (AvgIpc) is 3.18. The molecule has 0 amide bonds. The van der Waals surface area contributed by atoms with Crippen LogP contribution in [-0.4, -0.2) is 19.1 Å². The third-order valence-corrected chi connectivity index (χ3v) is 6.54. The van der Waals surface area contributed by atoms with E-state index in [0.29, 0.717) is 27.1 Å². The highest BCUT2D eigenvalue weighted by Crippen LogP contribution is 2.30. The lowest BCUT2D eigenvalue weighted by molar-refractivity contribution is 0.0722. The Morgan fingerprint density at radius 3 is 2.27 bits per heavy atom. The molecule has 0 radical (unpaired) electrons. The van der Waals surface area contributed by atoms with E-state index in [-0.39, 0.29) is 17.1 Å². The number of alkyl halides is 2. The number of hydrogen-bond acceptors (Lipinski definition) is 4. The Labute approximate surface area is 192 Å². The van der Waals surface area contributed by atoms with E-state index in [9.17, 15) is 13.6 Å². The van der Waals surface area contributed by atoms with Gasteiger partial charge >= 0.3 is 6.55 Å². The number of halogens is 2.